The van der Waals surface area contributed by atoms with E-state index in [1.165, 1.54) is 0 Å². The van der Waals surface area contributed by atoms with Crippen molar-refractivity contribution in [1.29, 1.82) is 0 Å². The Balaban J connectivity index is 2.19. The highest BCUT2D eigenvalue weighted by Gasteiger charge is 2.16. The molecule has 0 fully saturated rings. The quantitative estimate of drug-likeness (QED) is 0.476. The summed E-state index contributed by atoms with van der Waals surface area (Å²) in [4.78, 5) is 11.9. The van der Waals surface area contributed by atoms with E-state index in [9.17, 15) is 4.79 Å². The molecule has 0 heterocycles. The van der Waals surface area contributed by atoms with E-state index in [1.54, 1.807) is 0 Å². The van der Waals surface area contributed by atoms with Gasteiger partial charge in [-0.15, -0.1) is 5.73 Å². The molecule has 0 saturated heterocycles. The Bertz CT molecular complexity index is 375. The lowest BCUT2D eigenvalue weighted by Crippen LogP contribution is -2.12. The molecule has 2 aliphatic carbocycles. The summed E-state index contributed by atoms with van der Waals surface area (Å²) in [6.45, 7) is 0. The summed E-state index contributed by atoms with van der Waals surface area (Å²) < 4.78 is 0. The van der Waals surface area contributed by atoms with Gasteiger partial charge < -0.3 is 0 Å². The first kappa shape index (κ1) is 8.98. The molecule has 0 saturated carbocycles. The molecule has 0 bridgehead atoms. The fourth-order valence-electron chi connectivity index (χ4n) is 1.57. The molecule has 0 aliphatic heterocycles. The fraction of sp³-hybridized carbons (Fsp3) is 0.231. The van der Waals surface area contributed by atoms with Crippen molar-refractivity contribution in [3.8, 4) is 0 Å². The van der Waals surface area contributed by atoms with Gasteiger partial charge in [-0.3, -0.25) is 4.79 Å². The van der Waals surface area contributed by atoms with Gasteiger partial charge in [0.2, 0.25) is 0 Å². The van der Waals surface area contributed by atoms with Crippen LogP contribution in [0, 0.1) is 5.92 Å². The summed E-state index contributed by atoms with van der Waals surface area (Å²) >= 11 is 0. The molecule has 1 nitrogen and oxygen atoms in total. The summed E-state index contributed by atoms with van der Waals surface area (Å²) in [6, 6.07) is 0. The maximum atomic E-state index is 11.9. The van der Waals surface area contributed by atoms with Gasteiger partial charge in [0.05, 0.1) is 11.5 Å². The smallest absolute Gasteiger partial charge is 0.181 e. The van der Waals surface area contributed by atoms with E-state index in [4.69, 9.17) is 0 Å². The normalized spacial score (nSPS) is 19.9. The van der Waals surface area contributed by atoms with Gasteiger partial charge in [-0.05, 0) is 25.0 Å². The highest BCUT2D eigenvalue weighted by atomic mass is 16.1. The van der Waals surface area contributed by atoms with Crippen LogP contribution in [0.25, 0.3) is 0 Å². The van der Waals surface area contributed by atoms with E-state index in [0.717, 1.165) is 12.8 Å². The maximum Gasteiger partial charge on any atom is 0.181 e. The van der Waals surface area contributed by atoms with E-state index >= 15 is 0 Å². The van der Waals surface area contributed by atoms with Crippen LogP contribution in [0.2, 0.25) is 0 Å². The molecular weight excluding hydrogens is 172 g/mol. The number of hydrogen-bond donors (Lipinski definition) is 0. The number of ketones is 1. The predicted octanol–water partition coefficient (Wildman–Crippen LogP) is 2.73. The van der Waals surface area contributed by atoms with Gasteiger partial charge in [0.15, 0.2) is 5.78 Å². The molecular formula is C13H12O. The fourth-order valence-corrected chi connectivity index (χ4v) is 1.57. The van der Waals surface area contributed by atoms with Crippen LogP contribution in [0.3, 0.4) is 0 Å². The zero-order chi connectivity index (χ0) is 9.80. The largest absolute Gasteiger partial charge is 0.292 e. The first-order valence-corrected chi connectivity index (χ1v) is 4.87. The molecule has 2 aliphatic rings. The van der Waals surface area contributed by atoms with Gasteiger partial charge in [0.25, 0.3) is 0 Å². The lowest BCUT2D eigenvalue weighted by molar-refractivity contribution is -0.116. The van der Waals surface area contributed by atoms with E-state index in [0.29, 0.717) is 5.57 Å². The first-order valence-electron chi connectivity index (χ1n) is 4.87. The van der Waals surface area contributed by atoms with Crippen molar-refractivity contribution in [1.82, 2.24) is 0 Å². The number of carbonyl (C=O) groups excluding carboxylic acids is 1. The Morgan fingerprint density at radius 1 is 1.21 bits per heavy atom. The molecule has 0 spiro atoms. The lowest BCUT2D eigenvalue weighted by Gasteiger charge is -2.09. The zero-order valence-electron chi connectivity index (χ0n) is 7.94. The molecule has 0 aromatic carbocycles. The lowest BCUT2D eigenvalue weighted by atomic mass is 9.93. The molecule has 1 heteroatoms. The summed E-state index contributed by atoms with van der Waals surface area (Å²) in [7, 11) is 0. The third-order valence-corrected chi connectivity index (χ3v) is 2.32. The standard InChI is InChI=1S/C13H12O/c14-13(11-7-3-1-4-8-11)12-9-5-2-6-10-12/h3-9,11H,1-2H2. The molecule has 70 valence electrons. The summed E-state index contributed by atoms with van der Waals surface area (Å²) in [5.74, 6) is 0.0619. The third kappa shape index (κ3) is 1.84. The van der Waals surface area contributed by atoms with Crippen LogP contribution in [0.1, 0.15) is 12.8 Å². The molecule has 2 rings (SSSR count). The summed E-state index contributed by atoms with van der Waals surface area (Å²) in [5, 5.41) is 0. The number of hydrogen-bond acceptors (Lipinski definition) is 1. The van der Waals surface area contributed by atoms with E-state index in [2.05, 4.69) is 5.73 Å². The number of rotatable bonds is 2. The van der Waals surface area contributed by atoms with Crippen LogP contribution in [0.5, 0.6) is 0 Å². The summed E-state index contributed by atoms with van der Waals surface area (Å²) in [5.41, 5.74) is 3.70. The summed E-state index contributed by atoms with van der Waals surface area (Å²) in [6.07, 6.45) is 15.5. The van der Waals surface area contributed by atoms with Crippen molar-refractivity contribution in [2.24, 2.45) is 5.92 Å². The third-order valence-electron chi connectivity index (χ3n) is 2.32. The molecule has 0 radical (unpaired) electrons. The topological polar surface area (TPSA) is 17.1 Å². The Labute approximate surface area is 83.8 Å². The number of allylic oxidation sites excluding steroid dienone is 7. The highest BCUT2D eigenvalue weighted by Crippen LogP contribution is 2.16. The Morgan fingerprint density at radius 2 is 2.00 bits per heavy atom. The Hall–Kier alpha value is -1.59. The second kappa shape index (κ2) is 4.08. The van der Waals surface area contributed by atoms with Gasteiger partial charge in [-0.1, -0.05) is 30.4 Å². The van der Waals surface area contributed by atoms with Crippen LogP contribution >= 0.6 is 0 Å². The van der Waals surface area contributed by atoms with Crippen molar-refractivity contribution >= 4 is 5.78 Å². The molecule has 0 atom stereocenters. The monoisotopic (exact) mass is 184 g/mol. The second-order valence-electron chi connectivity index (χ2n) is 3.38. The van der Waals surface area contributed by atoms with Crippen molar-refractivity contribution in [3.05, 3.63) is 53.8 Å². The Kier molecular flexibility index (Phi) is 2.62. The van der Waals surface area contributed by atoms with Crippen molar-refractivity contribution < 1.29 is 4.79 Å². The average Bonchev–Trinajstić information content (AvgIpc) is 2.30. The minimum Gasteiger partial charge on any atom is -0.292 e. The van der Waals surface area contributed by atoms with Crippen LogP contribution in [-0.4, -0.2) is 5.78 Å². The molecule has 0 N–H and O–H groups in total. The maximum absolute atomic E-state index is 11.9. The SMILES string of the molecule is O=C(C1=C=CCC=C1)C1C=CCC=C1. The van der Waals surface area contributed by atoms with Gasteiger partial charge >= 0.3 is 0 Å². The number of carbonyl (C=O) groups is 1. The molecule has 0 aromatic heterocycles. The highest BCUT2D eigenvalue weighted by molar-refractivity contribution is 6.01. The Morgan fingerprint density at radius 3 is 2.64 bits per heavy atom. The van der Waals surface area contributed by atoms with Crippen LogP contribution < -0.4 is 0 Å². The zero-order valence-corrected chi connectivity index (χ0v) is 7.94. The van der Waals surface area contributed by atoms with Gasteiger partial charge in [-0.25, -0.2) is 0 Å². The van der Waals surface area contributed by atoms with Crippen molar-refractivity contribution in [3.63, 3.8) is 0 Å². The van der Waals surface area contributed by atoms with Gasteiger partial charge in [0.1, 0.15) is 0 Å². The minimum atomic E-state index is -0.0811. The minimum absolute atomic E-state index is 0.0811. The van der Waals surface area contributed by atoms with Crippen molar-refractivity contribution in [2.75, 3.05) is 0 Å². The van der Waals surface area contributed by atoms with Crippen molar-refractivity contribution in [2.45, 2.75) is 12.8 Å². The first-order chi connectivity index (χ1) is 6.88. The number of Topliss-reactive ketones (excluding diaryl/α,β-unsaturated/α-hetero) is 1. The molecule has 0 amide bonds. The second-order valence-corrected chi connectivity index (χ2v) is 3.38. The molecule has 0 unspecified atom stereocenters. The average molecular weight is 184 g/mol. The van der Waals surface area contributed by atoms with E-state index in [1.807, 2.05) is 42.5 Å². The van der Waals surface area contributed by atoms with Crippen LogP contribution in [-0.2, 0) is 4.79 Å². The molecule has 0 aromatic rings. The van der Waals surface area contributed by atoms with Gasteiger partial charge in [0, 0.05) is 0 Å². The van der Waals surface area contributed by atoms with Crippen LogP contribution in [0.4, 0.5) is 0 Å². The van der Waals surface area contributed by atoms with Gasteiger partial charge in [-0.2, -0.15) is 0 Å². The van der Waals surface area contributed by atoms with E-state index in [-0.39, 0.29) is 11.7 Å². The van der Waals surface area contributed by atoms with E-state index < -0.39 is 0 Å². The predicted molar refractivity (Wildman–Crippen MR) is 56.7 cm³/mol. The molecule has 14 heavy (non-hydrogen) atoms. The van der Waals surface area contributed by atoms with Crippen LogP contribution in [0.15, 0.2) is 53.8 Å².